The van der Waals surface area contributed by atoms with E-state index in [4.69, 9.17) is 5.84 Å². The van der Waals surface area contributed by atoms with Crippen molar-refractivity contribution in [3.8, 4) is 0 Å². The lowest BCUT2D eigenvalue weighted by atomic mass is 10.0. The molecule has 0 aliphatic rings. The number of halogens is 1. The first-order chi connectivity index (χ1) is 7.15. The highest BCUT2D eigenvalue weighted by molar-refractivity contribution is 14.1. The Morgan fingerprint density at radius 2 is 2.20 bits per heavy atom. The number of allylic oxidation sites excluding steroid dienone is 1. The molecule has 3 N–H and O–H groups in total. The van der Waals surface area contributed by atoms with Crippen LogP contribution in [0.25, 0.3) is 0 Å². The standard InChI is InChI=1S/C12H17IN2/c1-9(2)7-8-12(15-14)10-5-3-4-6-11(10)13/h3-6,12,15H,1,7-8,14H2,2H3. The van der Waals surface area contributed by atoms with Crippen molar-refractivity contribution < 1.29 is 0 Å². The van der Waals surface area contributed by atoms with Crippen molar-refractivity contribution in [3.05, 3.63) is 45.6 Å². The molecule has 1 rings (SSSR count). The lowest BCUT2D eigenvalue weighted by Crippen LogP contribution is -2.28. The highest BCUT2D eigenvalue weighted by Crippen LogP contribution is 2.23. The van der Waals surface area contributed by atoms with Crippen LogP contribution in [0.2, 0.25) is 0 Å². The van der Waals surface area contributed by atoms with Crippen molar-refractivity contribution in [1.82, 2.24) is 5.43 Å². The Balaban J connectivity index is 2.74. The van der Waals surface area contributed by atoms with Gasteiger partial charge < -0.3 is 0 Å². The smallest absolute Gasteiger partial charge is 0.0473 e. The number of hydrogen-bond acceptors (Lipinski definition) is 2. The molecular weight excluding hydrogens is 299 g/mol. The third-order valence-corrected chi connectivity index (χ3v) is 3.32. The van der Waals surface area contributed by atoms with Crippen molar-refractivity contribution in [2.24, 2.45) is 5.84 Å². The van der Waals surface area contributed by atoms with Gasteiger partial charge in [-0.05, 0) is 54.0 Å². The Hall–Kier alpha value is -0.390. The maximum absolute atomic E-state index is 5.58. The summed E-state index contributed by atoms with van der Waals surface area (Å²) >= 11 is 2.34. The number of nitrogens with one attached hydrogen (secondary N) is 1. The molecule has 0 heterocycles. The van der Waals surface area contributed by atoms with Crippen molar-refractivity contribution >= 4 is 22.6 Å². The van der Waals surface area contributed by atoms with Crippen LogP contribution in [0, 0.1) is 3.57 Å². The predicted octanol–water partition coefficient (Wildman–Crippen LogP) is 3.15. The van der Waals surface area contributed by atoms with E-state index in [1.165, 1.54) is 14.7 Å². The minimum absolute atomic E-state index is 0.217. The van der Waals surface area contributed by atoms with Gasteiger partial charge in [-0.2, -0.15) is 0 Å². The summed E-state index contributed by atoms with van der Waals surface area (Å²) in [5.74, 6) is 5.58. The summed E-state index contributed by atoms with van der Waals surface area (Å²) in [6.07, 6.45) is 1.99. The van der Waals surface area contributed by atoms with Gasteiger partial charge in [0.2, 0.25) is 0 Å². The van der Waals surface area contributed by atoms with E-state index in [1.54, 1.807) is 0 Å². The molecule has 0 aliphatic heterocycles. The molecule has 0 radical (unpaired) electrons. The molecular formula is C12H17IN2. The fourth-order valence-corrected chi connectivity index (χ4v) is 2.24. The quantitative estimate of drug-likeness (QED) is 0.379. The van der Waals surface area contributed by atoms with Gasteiger partial charge in [-0.3, -0.25) is 11.3 Å². The van der Waals surface area contributed by atoms with Gasteiger partial charge in [0.05, 0.1) is 0 Å². The first kappa shape index (κ1) is 12.7. The molecule has 0 spiro atoms. The zero-order valence-electron chi connectivity index (χ0n) is 8.96. The monoisotopic (exact) mass is 316 g/mol. The Bertz CT molecular complexity index is 336. The molecule has 3 heteroatoms. The number of hydrazine groups is 1. The molecule has 2 nitrogen and oxygen atoms in total. The molecule has 1 aromatic carbocycles. The van der Waals surface area contributed by atoms with E-state index in [-0.39, 0.29) is 6.04 Å². The Kier molecular flexibility index (Phi) is 5.28. The molecule has 1 aromatic rings. The number of benzene rings is 1. The van der Waals surface area contributed by atoms with E-state index in [1.807, 2.05) is 19.1 Å². The van der Waals surface area contributed by atoms with Gasteiger partial charge in [-0.25, -0.2) is 0 Å². The van der Waals surface area contributed by atoms with Crippen molar-refractivity contribution in [3.63, 3.8) is 0 Å². The van der Waals surface area contributed by atoms with Gasteiger partial charge in [-0.15, -0.1) is 6.58 Å². The van der Waals surface area contributed by atoms with Crippen molar-refractivity contribution in [2.75, 3.05) is 0 Å². The molecule has 1 unspecified atom stereocenters. The Morgan fingerprint density at radius 3 is 2.73 bits per heavy atom. The molecule has 0 amide bonds. The van der Waals surface area contributed by atoms with Gasteiger partial charge in [0.1, 0.15) is 0 Å². The minimum Gasteiger partial charge on any atom is -0.271 e. The molecule has 82 valence electrons. The first-order valence-electron chi connectivity index (χ1n) is 5.00. The van der Waals surface area contributed by atoms with Crippen LogP contribution in [0.3, 0.4) is 0 Å². The van der Waals surface area contributed by atoms with Gasteiger partial charge in [0.25, 0.3) is 0 Å². The fraction of sp³-hybridized carbons (Fsp3) is 0.333. The van der Waals surface area contributed by atoms with E-state index in [9.17, 15) is 0 Å². The highest BCUT2D eigenvalue weighted by Gasteiger charge is 2.11. The van der Waals surface area contributed by atoms with Crippen LogP contribution in [0.5, 0.6) is 0 Å². The predicted molar refractivity (Wildman–Crippen MR) is 73.3 cm³/mol. The summed E-state index contributed by atoms with van der Waals surface area (Å²) in [6, 6.07) is 8.51. The molecule has 0 saturated heterocycles. The Morgan fingerprint density at radius 1 is 1.53 bits per heavy atom. The average Bonchev–Trinajstić information content (AvgIpc) is 2.21. The molecule has 1 atom stereocenters. The summed E-state index contributed by atoms with van der Waals surface area (Å²) in [4.78, 5) is 0. The third kappa shape index (κ3) is 3.93. The molecule has 0 fully saturated rings. The van der Waals surface area contributed by atoms with Crippen LogP contribution in [-0.4, -0.2) is 0 Å². The lowest BCUT2D eigenvalue weighted by Gasteiger charge is -2.17. The lowest BCUT2D eigenvalue weighted by molar-refractivity contribution is 0.514. The topological polar surface area (TPSA) is 38.0 Å². The van der Waals surface area contributed by atoms with Gasteiger partial charge >= 0.3 is 0 Å². The van der Waals surface area contributed by atoms with Gasteiger partial charge in [-0.1, -0.05) is 23.8 Å². The largest absolute Gasteiger partial charge is 0.271 e. The molecule has 0 aromatic heterocycles. The van der Waals surface area contributed by atoms with E-state index in [0.717, 1.165) is 12.8 Å². The minimum atomic E-state index is 0.217. The summed E-state index contributed by atoms with van der Waals surface area (Å²) in [6.45, 7) is 5.95. The first-order valence-corrected chi connectivity index (χ1v) is 6.08. The van der Waals surface area contributed by atoms with E-state index in [0.29, 0.717) is 0 Å². The van der Waals surface area contributed by atoms with Crippen LogP contribution in [0.4, 0.5) is 0 Å². The van der Waals surface area contributed by atoms with Gasteiger partial charge in [0.15, 0.2) is 0 Å². The second-order valence-corrected chi connectivity index (χ2v) is 4.90. The fourth-order valence-electron chi connectivity index (χ4n) is 1.48. The third-order valence-electron chi connectivity index (χ3n) is 2.34. The number of hydrogen-bond donors (Lipinski definition) is 2. The van der Waals surface area contributed by atoms with Crippen LogP contribution < -0.4 is 11.3 Å². The summed E-state index contributed by atoms with van der Waals surface area (Å²) < 4.78 is 1.25. The number of rotatable bonds is 5. The van der Waals surface area contributed by atoms with Crippen molar-refractivity contribution in [1.29, 1.82) is 0 Å². The number of nitrogens with two attached hydrogens (primary N) is 1. The highest BCUT2D eigenvalue weighted by atomic mass is 127. The average molecular weight is 316 g/mol. The molecule has 0 saturated carbocycles. The molecule has 15 heavy (non-hydrogen) atoms. The molecule has 0 aliphatic carbocycles. The summed E-state index contributed by atoms with van der Waals surface area (Å²) in [5, 5.41) is 0. The zero-order chi connectivity index (χ0) is 11.3. The normalized spacial score (nSPS) is 12.5. The SMILES string of the molecule is C=C(C)CCC(NN)c1ccccc1I. The van der Waals surface area contributed by atoms with Crippen LogP contribution in [0.1, 0.15) is 31.4 Å². The zero-order valence-corrected chi connectivity index (χ0v) is 11.1. The van der Waals surface area contributed by atoms with Gasteiger partial charge in [0, 0.05) is 9.61 Å². The molecule has 0 bridgehead atoms. The maximum atomic E-state index is 5.58. The second-order valence-electron chi connectivity index (χ2n) is 3.74. The summed E-state index contributed by atoms with van der Waals surface area (Å²) in [7, 11) is 0. The Labute approximate surface area is 105 Å². The van der Waals surface area contributed by atoms with Crippen molar-refractivity contribution in [2.45, 2.75) is 25.8 Å². The van der Waals surface area contributed by atoms with Crippen LogP contribution in [-0.2, 0) is 0 Å². The van der Waals surface area contributed by atoms with E-state index < -0.39 is 0 Å². The van der Waals surface area contributed by atoms with Crippen LogP contribution >= 0.6 is 22.6 Å². The van der Waals surface area contributed by atoms with E-state index >= 15 is 0 Å². The second kappa shape index (κ2) is 6.25. The van der Waals surface area contributed by atoms with E-state index in [2.05, 4.69) is 46.7 Å². The maximum Gasteiger partial charge on any atom is 0.0473 e. The van der Waals surface area contributed by atoms with Crippen LogP contribution in [0.15, 0.2) is 36.4 Å². The summed E-state index contributed by atoms with van der Waals surface area (Å²) in [5.41, 5.74) is 5.33.